The second-order valence-electron chi connectivity index (χ2n) is 2.68. The lowest BCUT2D eigenvalue weighted by Crippen LogP contribution is -2.03. The monoisotopic (exact) mass is 195 g/mol. The van der Waals surface area contributed by atoms with Gasteiger partial charge in [0.15, 0.2) is 17.4 Å². The second kappa shape index (κ2) is 4.47. The number of halogens is 2. The summed E-state index contributed by atoms with van der Waals surface area (Å²) in [4.78, 5) is 11.2. The molecule has 0 aromatic heterocycles. The maximum atomic E-state index is 13.0. The van der Waals surface area contributed by atoms with Crippen molar-refractivity contribution >= 4 is 5.78 Å². The van der Waals surface area contributed by atoms with E-state index >= 15 is 0 Å². The largest absolute Gasteiger partial charge is 0.294 e. The van der Waals surface area contributed by atoms with Crippen molar-refractivity contribution in [3.05, 3.63) is 35.4 Å². The van der Waals surface area contributed by atoms with Gasteiger partial charge in [-0.1, -0.05) is 6.07 Å². The van der Waals surface area contributed by atoms with Crippen LogP contribution >= 0.6 is 0 Å². The third kappa shape index (κ3) is 2.13. The van der Waals surface area contributed by atoms with Gasteiger partial charge in [-0.3, -0.25) is 4.79 Å². The molecule has 14 heavy (non-hydrogen) atoms. The molecule has 0 heterocycles. The second-order valence-corrected chi connectivity index (χ2v) is 2.68. The molecule has 0 amide bonds. The molecule has 1 rings (SSSR count). The molecule has 0 bridgehead atoms. The highest BCUT2D eigenvalue weighted by Crippen LogP contribution is 2.13. The van der Waals surface area contributed by atoms with Gasteiger partial charge in [-0.15, -0.1) is 0 Å². The van der Waals surface area contributed by atoms with Gasteiger partial charge in [0.05, 0.1) is 11.6 Å². The van der Waals surface area contributed by atoms with Gasteiger partial charge in [-0.05, 0) is 12.1 Å². The van der Waals surface area contributed by atoms with Gasteiger partial charge < -0.3 is 0 Å². The van der Waals surface area contributed by atoms with Crippen molar-refractivity contribution in [2.75, 3.05) is 0 Å². The molecular formula is C10H7F2NO. The average molecular weight is 195 g/mol. The Morgan fingerprint density at radius 2 is 2.14 bits per heavy atom. The summed E-state index contributed by atoms with van der Waals surface area (Å²) >= 11 is 0. The number of rotatable bonds is 3. The quantitative estimate of drug-likeness (QED) is 0.695. The van der Waals surface area contributed by atoms with E-state index in [1.807, 2.05) is 0 Å². The van der Waals surface area contributed by atoms with Crippen molar-refractivity contribution in [2.24, 2.45) is 0 Å². The molecule has 1 aromatic carbocycles. The minimum absolute atomic E-state index is 0.00872. The summed E-state index contributed by atoms with van der Waals surface area (Å²) in [7, 11) is 0. The Kier molecular flexibility index (Phi) is 3.29. The van der Waals surface area contributed by atoms with Crippen molar-refractivity contribution in [3.8, 4) is 6.07 Å². The van der Waals surface area contributed by atoms with E-state index in [1.54, 1.807) is 6.07 Å². The van der Waals surface area contributed by atoms with Crippen LogP contribution in [0.4, 0.5) is 8.78 Å². The van der Waals surface area contributed by atoms with E-state index in [-0.39, 0.29) is 18.4 Å². The molecule has 0 spiro atoms. The van der Waals surface area contributed by atoms with Crippen molar-refractivity contribution in [3.63, 3.8) is 0 Å². The summed E-state index contributed by atoms with van der Waals surface area (Å²) in [6.45, 7) is 0. The molecule has 0 unspecified atom stereocenters. The number of hydrogen-bond acceptors (Lipinski definition) is 2. The SMILES string of the molecule is N#CCCC(=O)c1cccc(F)c1F. The van der Waals surface area contributed by atoms with Gasteiger partial charge >= 0.3 is 0 Å². The molecule has 0 aliphatic heterocycles. The van der Waals surface area contributed by atoms with Crippen LogP contribution in [0.1, 0.15) is 23.2 Å². The maximum absolute atomic E-state index is 13.0. The average Bonchev–Trinajstić information content (AvgIpc) is 2.18. The minimum atomic E-state index is -1.14. The number of carbonyl (C=O) groups excluding carboxylic acids is 1. The van der Waals surface area contributed by atoms with Crippen LogP contribution in [0, 0.1) is 23.0 Å². The highest BCUT2D eigenvalue weighted by atomic mass is 19.2. The molecule has 1 aromatic rings. The van der Waals surface area contributed by atoms with E-state index in [0.717, 1.165) is 6.07 Å². The van der Waals surface area contributed by atoms with E-state index < -0.39 is 17.4 Å². The van der Waals surface area contributed by atoms with Gasteiger partial charge in [-0.25, -0.2) is 8.78 Å². The molecule has 4 heteroatoms. The fourth-order valence-electron chi connectivity index (χ4n) is 1.02. The number of nitrogens with zero attached hydrogens (tertiary/aromatic N) is 1. The number of benzene rings is 1. The summed E-state index contributed by atoms with van der Waals surface area (Å²) in [5, 5.41) is 8.22. The zero-order chi connectivity index (χ0) is 10.6. The molecule has 0 radical (unpaired) electrons. The Labute approximate surface area is 79.8 Å². The molecule has 0 N–H and O–H groups in total. The van der Waals surface area contributed by atoms with Crippen LogP contribution in [0.5, 0.6) is 0 Å². The summed E-state index contributed by atoms with van der Waals surface area (Å²) in [5.74, 6) is -2.74. The van der Waals surface area contributed by atoms with Gasteiger partial charge in [0.25, 0.3) is 0 Å². The summed E-state index contributed by atoms with van der Waals surface area (Å²) in [5.41, 5.74) is -0.291. The number of hydrogen-bond donors (Lipinski definition) is 0. The van der Waals surface area contributed by atoms with Crippen molar-refractivity contribution in [1.29, 1.82) is 5.26 Å². The summed E-state index contributed by atoms with van der Waals surface area (Å²) in [6.07, 6.45) is -0.0777. The van der Waals surface area contributed by atoms with Gasteiger partial charge in [0.1, 0.15) is 0 Å². The fraction of sp³-hybridized carbons (Fsp3) is 0.200. The van der Waals surface area contributed by atoms with Gasteiger partial charge in [-0.2, -0.15) is 5.26 Å². The minimum Gasteiger partial charge on any atom is -0.294 e. The normalized spacial score (nSPS) is 9.50. The predicted octanol–water partition coefficient (Wildman–Crippen LogP) is 2.45. The highest BCUT2D eigenvalue weighted by molar-refractivity contribution is 5.96. The topological polar surface area (TPSA) is 40.9 Å². The Bertz CT molecular complexity index is 396. The Morgan fingerprint density at radius 1 is 1.43 bits per heavy atom. The Balaban J connectivity index is 2.91. The fourth-order valence-corrected chi connectivity index (χ4v) is 1.02. The smallest absolute Gasteiger partial charge is 0.169 e. The molecule has 0 aliphatic carbocycles. The van der Waals surface area contributed by atoms with Crippen LogP contribution in [-0.4, -0.2) is 5.78 Å². The van der Waals surface area contributed by atoms with E-state index in [0.29, 0.717) is 0 Å². The van der Waals surface area contributed by atoms with Crippen molar-refractivity contribution in [1.82, 2.24) is 0 Å². The van der Waals surface area contributed by atoms with Crippen LogP contribution in [0.3, 0.4) is 0 Å². The molecule has 0 saturated carbocycles. The zero-order valence-corrected chi connectivity index (χ0v) is 7.26. The Hall–Kier alpha value is -1.76. The van der Waals surface area contributed by atoms with Gasteiger partial charge in [0, 0.05) is 12.8 Å². The maximum Gasteiger partial charge on any atom is 0.169 e. The first-order valence-corrected chi connectivity index (χ1v) is 4.01. The van der Waals surface area contributed by atoms with E-state index in [4.69, 9.17) is 5.26 Å². The molecule has 0 atom stereocenters. The number of nitriles is 1. The standard InChI is InChI=1S/C10H7F2NO/c11-8-4-1-3-7(10(8)12)9(14)5-2-6-13/h1,3-4H,2,5H2. The third-order valence-electron chi connectivity index (χ3n) is 1.72. The molecule has 2 nitrogen and oxygen atoms in total. The molecular weight excluding hydrogens is 188 g/mol. The van der Waals surface area contributed by atoms with E-state index in [1.165, 1.54) is 12.1 Å². The van der Waals surface area contributed by atoms with Crippen LogP contribution < -0.4 is 0 Å². The highest BCUT2D eigenvalue weighted by Gasteiger charge is 2.14. The molecule has 0 fully saturated rings. The summed E-state index contributed by atoms with van der Waals surface area (Å²) < 4.78 is 25.7. The van der Waals surface area contributed by atoms with E-state index in [9.17, 15) is 13.6 Å². The molecule has 0 aliphatic rings. The number of Topliss-reactive ketones (excluding diaryl/α,β-unsaturated/α-hetero) is 1. The van der Waals surface area contributed by atoms with Gasteiger partial charge in [0.2, 0.25) is 0 Å². The van der Waals surface area contributed by atoms with Crippen molar-refractivity contribution < 1.29 is 13.6 Å². The number of carbonyl (C=O) groups is 1. The Morgan fingerprint density at radius 3 is 2.79 bits per heavy atom. The van der Waals surface area contributed by atoms with Crippen LogP contribution in [0.15, 0.2) is 18.2 Å². The zero-order valence-electron chi connectivity index (χ0n) is 7.26. The third-order valence-corrected chi connectivity index (χ3v) is 1.72. The van der Waals surface area contributed by atoms with Crippen LogP contribution in [-0.2, 0) is 0 Å². The first-order chi connectivity index (χ1) is 6.66. The first kappa shape index (κ1) is 10.3. The van der Waals surface area contributed by atoms with E-state index in [2.05, 4.69) is 0 Å². The first-order valence-electron chi connectivity index (χ1n) is 4.01. The van der Waals surface area contributed by atoms with Crippen molar-refractivity contribution in [2.45, 2.75) is 12.8 Å². The lowest BCUT2D eigenvalue weighted by Gasteiger charge is -2.00. The van der Waals surface area contributed by atoms with Crippen LogP contribution in [0.2, 0.25) is 0 Å². The predicted molar refractivity (Wildman–Crippen MR) is 45.5 cm³/mol. The summed E-state index contributed by atoms with van der Waals surface area (Å²) in [6, 6.07) is 5.17. The lowest BCUT2D eigenvalue weighted by molar-refractivity contribution is 0.0979. The number of ketones is 1. The molecule has 72 valence electrons. The van der Waals surface area contributed by atoms with Crippen LogP contribution in [0.25, 0.3) is 0 Å². The lowest BCUT2D eigenvalue weighted by atomic mass is 10.1. The molecule has 0 saturated heterocycles.